The van der Waals surface area contributed by atoms with Crippen molar-refractivity contribution in [2.45, 2.75) is 26.4 Å². The second-order valence-electron chi connectivity index (χ2n) is 5.49. The van der Waals surface area contributed by atoms with Crippen molar-refractivity contribution in [1.29, 1.82) is 0 Å². The van der Waals surface area contributed by atoms with Gasteiger partial charge in [-0.05, 0) is 45.0 Å². The maximum absolute atomic E-state index is 12.5. The average Bonchev–Trinajstić information content (AvgIpc) is 2.39. The standard InChI is InChI=1S/C17H19NO2/c1-17(2,3)20-16(19)18(14-10-6-4-7-11-14)15-12-8-5-9-13-15/h4-13H,1-3H3. The Balaban J connectivity index is 2.38. The van der Waals surface area contributed by atoms with Crippen molar-refractivity contribution in [3.63, 3.8) is 0 Å². The summed E-state index contributed by atoms with van der Waals surface area (Å²) in [4.78, 5) is 14.0. The van der Waals surface area contributed by atoms with E-state index in [9.17, 15) is 4.79 Å². The second-order valence-corrected chi connectivity index (χ2v) is 5.49. The van der Waals surface area contributed by atoms with Gasteiger partial charge in [0.25, 0.3) is 0 Å². The maximum atomic E-state index is 12.5. The van der Waals surface area contributed by atoms with Crippen LogP contribution >= 0.6 is 0 Å². The molecule has 0 aliphatic heterocycles. The number of rotatable bonds is 2. The van der Waals surface area contributed by atoms with Crippen LogP contribution in [0.2, 0.25) is 0 Å². The minimum atomic E-state index is -0.529. The lowest BCUT2D eigenvalue weighted by Crippen LogP contribution is -2.33. The largest absolute Gasteiger partial charge is 0.443 e. The van der Waals surface area contributed by atoms with Gasteiger partial charge in [-0.15, -0.1) is 0 Å². The van der Waals surface area contributed by atoms with Gasteiger partial charge in [-0.2, -0.15) is 0 Å². The molecule has 2 aromatic carbocycles. The van der Waals surface area contributed by atoms with E-state index in [1.165, 1.54) is 0 Å². The first-order valence-corrected chi connectivity index (χ1v) is 6.60. The van der Waals surface area contributed by atoms with E-state index in [1.807, 2.05) is 81.4 Å². The lowest BCUT2D eigenvalue weighted by molar-refractivity contribution is 0.0599. The zero-order valence-corrected chi connectivity index (χ0v) is 12.0. The fourth-order valence-electron chi connectivity index (χ4n) is 1.82. The van der Waals surface area contributed by atoms with E-state index in [0.717, 1.165) is 11.4 Å². The van der Waals surface area contributed by atoms with Crippen molar-refractivity contribution in [2.24, 2.45) is 0 Å². The van der Waals surface area contributed by atoms with Crippen molar-refractivity contribution in [3.05, 3.63) is 60.7 Å². The molecule has 3 nitrogen and oxygen atoms in total. The van der Waals surface area contributed by atoms with Gasteiger partial charge in [-0.3, -0.25) is 0 Å². The van der Waals surface area contributed by atoms with Gasteiger partial charge in [-0.1, -0.05) is 36.4 Å². The Labute approximate surface area is 119 Å². The normalized spacial score (nSPS) is 10.9. The van der Waals surface area contributed by atoms with Gasteiger partial charge in [0, 0.05) is 0 Å². The van der Waals surface area contributed by atoms with Gasteiger partial charge in [0.2, 0.25) is 0 Å². The number of carbonyl (C=O) groups excluding carboxylic acids is 1. The van der Waals surface area contributed by atoms with E-state index in [2.05, 4.69) is 0 Å². The Morgan fingerprint density at radius 3 is 1.60 bits per heavy atom. The summed E-state index contributed by atoms with van der Waals surface area (Å²) >= 11 is 0. The van der Waals surface area contributed by atoms with Crippen molar-refractivity contribution >= 4 is 17.5 Å². The van der Waals surface area contributed by atoms with Crippen LogP contribution in [0, 0.1) is 0 Å². The molecule has 20 heavy (non-hydrogen) atoms. The van der Waals surface area contributed by atoms with Gasteiger partial charge < -0.3 is 4.74 Å². The highest BCUT2D eigenvalue weighted by Crippen LogP contribution is 2.27. The summed E-state index contributed by atoms with van der Waals surface area (Å²) in [6.07, 6.45) is -0.380. The first-order chi connectivity index (χ1) is 9.47. The van der Waals surface area contributed by atoms with E-state index in [4.69, 9.17) is 4.74 Å². The third-order valence-corrected chi connectivity index (χ3v) is 2.60. The fraction of sp³-hybridized carbons (Fsp3) is 0.235. The monoisotopic (exact) mass is 269 g/mol. The van der Waals surface area contributed by atoms with Crippen LogP contribution in [0.4, 0.5) is 16.2 Å². The van der Waals surface area contributed by atoms with Gasteiger partial charge in [0.05, 0.1) is 11.4 Å². The Morgan fingerprint density at radius 2 is 1.25 bits per heavy atom. The highest BCUT2D eigenvalue weighted by Gasteiger charge is 2.24. The van der Waals surface area contributed by atoms with Gasteiger partial charge in [0.1, 0.15) is 5.60 Å². The van der Waals surface area contributed by atoms with Crippen LogP contribution in [0.5, 0.6) is 0 Å². The summed E-state index contributed by atoms with van der Waals surface area (Å²) in [5, 5.41) is 0. The number of ether oxygens (including phenoxy) is 1. The van der Waals surface area contributed by atoms with Crippen LogP contribution in [-0.4, -0.2) is 11.7 Å². The van der Waals surface area contributed by atoms with Gasteiger partial charge >= 0.3 is 6.09 Å². The predicted octanol–water partition coefficient (Wildman–Crippen LogP) is 4.76. The minimum Gasteiger partial charge on any atom is -0.443 e. The molecular weight excluding hydrogens is 250 g/mol. The molecule has 3 heteroatoms. The van der Waals surface area contributed by atoms with Crippen LogP contribution in [0.3, 0.4) is 0 Å². The molecule has 0 heterocycles. The zero-order valence-electron chi connectivity index (χ0n) is 12.0. The molecule has 0 aliphatic carbocycles. The van der Waals surface area contributed by atoms with Crippen molar-refractivity contribution in [2.75, 3.05) is 4.90 Å². The first kappa shape index (κ1) is 14.1. The molecule has 0 saturated heterocycles. The Morgan fingerprint density at radius 1 is 0.850 bits per heavy atom. The number of hydrogen-bond acceptors (Lipinski definition) is 2. The quantitative estimate of drug-likeness (QED) is 0.786. The lowest BCUT2D eigenvalue weighted by atomic mass is 10.2. The molecular formula is C17H19NO2. The molecule has 0 aliphatic rings. The highest BCUT2D eigenvalue weighted by atomic mass is 16.6. The molecule has 2 rings (SSSR count). The molecule has 0 saturated carbocycles. The van der Waals surface area contributed by atoms with E-state index in [1.54, 1.807) is 4.90 Å². The van der Waals surface area contributed by atoms with Crippen LogP contribution < -0.4 is 4.90 Å². The molecule has 0 bridgehead atoms. The van der Waals surface area contributed by atoms with Crippen LogP contribution in [0.15, 0.2) is 60.7 Å². The third kappa shape index (κ3) is 3.60. The number of nitrogens with zero attached hydrogens (tertiary/aromatic N) is 1. The molecule has 104 valence electrons. The maximum Gasteiger partial charge on any atom is 0.419 e. The molecule has 0 aromatic heterocycles. The molecule has 0 unspecified atom stereocenters. The third-order valence-electron chi connectivity index (χ3n) is 2.60. The molecule has 0 radical (unpaired) electrons. The summed E-state index contributed by atoms with van der Waals surface area (Å²) in [7, 11) is 0. The number of anilines is 2. The summed E-state index contributed by atoms with van der Waals surface area (Å²) in [6, 6.07) is 19.0. The van der Waals surface area contributed by atoms with Crippen LogP contribution in [0.25, 0.3) is 0 Å². The summed E-state index contributed by atoms with van der Waals surface area (Å²) in [5.41, 5.74) is 1.04. The van der Waals surface area contributed by atoms with E-state index in [0.29, 0.717) is 0 Å². The predicted molar refractivity (Wildman–Crippen MR) is 81.3 cm³/mol. The molecule has 0 atom stereocenters. The van der Waals surface area contributed by atoms with E-state index >= 15 is 0 Å². The Kier molecular flexibility index (Phi) is 4.08. The molecule has 1 amide bonds. The number of amides is 1. The minimum absolute atomic E-state index is 0.380. The average molecular weight is 269 g/mol. The summed E-state index contributed by atoms with van der Waals surface area (Å²) in [6.45, 7) is 5.58. The lowest BCUT2D eigenvalue weighted by Gasteiger charge is -2.27. The summed E-state index contributed by atoms with van der Waals surface area (Å²) in [5.74, 6) is 0. The first-order valence-electron chi connectivity index (χ1n) is 6.60. The molecule has 0 fully saturated rings. The fourth-order valence-corrected chi connectivity index (χ4v) is 1.82. The van der Waals surface area contributed by atoms with Crippen molar-refractivity contribution in [3.8, 4) is 0 Å². The number of para-hydroxylation sites is 2. The van der Waals surface area contributed by atoms with Gasteiger partial charge in [0.15, 0.2) is 0 Å². The van der Waals surface area contributed by atoms with Crippen LogP contribution in [0.1, 0.15) is 20.8 Å². The Bertz CT molecular complexity index is 519. The SMILES string of the molecule is CC(C)(C)OC(=O)N(c1ccccc1)c1ccccc1. The topological polar surface area (TPSA) is 29.5 Å². The van der Waals surface area contributed by atoms with E-state index < -0.39 is 5.60 Å². The van der Waals surface area contributed by atoms with Gasteiger partial charge in [-0.25, -0.2) is 9.69 Å². The van der Waals surface area contributed by atoms with Crippen LogP contribution in [-0.2, 0) is 4.74 Å². The Hall–Kier alpha value is -2.29. The second kappa shape index (κ2) is 5.78. The van der Waals surface area contributed by atoms with Crippen molar-refractivity contribution in [1.82, 2.24) is 0 Å². The number of hydrogen-bond donors (Lipinski definition) is 0. The molecule has 0 N–H and O–H groups in total. The number of benzene rings is 2. The van der Waals surface area contributed by atoms with Crippen molar-refractivity contribution < 1.29 is 9.53 Å². The smallest absolute Gasteiger partial charge is 0.419 e. The molecule has 0 spiro atoms. The highest BCUT2D eigenvalue weighted by molar-refractivity contribution is 5.96. The molecule has 2 aromatic rings. The zero-order chi connectivity index (χ0) is 14.6. The number of carbonyl (C=O) groups is 1. The van der Waals surface area contributed by atoms with E-state index in [-0.39, 0.29) is 6.09 Å². The summed E-state index contributed by atoms with van der Waals surface area (Å²) < 4.78 is 5.50.